The lowest BCUT2D eigenvalue weighted by Crippen LogP contribution is -3.00. The normalized spacial score (nSPS) is 11.1. The number of rotatable bonds is 6. The molecule has 12 heteroatoms. The van der Waals surface area contributed by atoms with Crippen molar-refractivity contribution in [2.75, 3.05) is 0 Å². The van der Waals surface area contributed by atoms with Crippen molar-refractivity contribution in [3.8, 4) is 11.4 Å². The van der Waals surface area contributed by atoms with E-state index in [2.05, 4.69) is 0 Å². The van der Waals surface area contributed by atoms with Gasteiger partial charge in [-0.2, -0.15) is 26.3 Å². The van der Waals surface area contributed by atoms with E-state index in [-0.39, 0.29) is 24.8 Å². The standard InChI is InChI=1S/2C17H14F3N2.2ClH/c2*18-17(19,20)15-6-8-16(9-7-15)22-11-10-21(13-22)12-14-4-2-1-3-5-14;;/h2*1-11,13H,12H2;2*1H/q2*+1;;/p-2. The van der Waals surface area contributed by atoms with Gasteiger partial charge in [-0.3, -0.25) is 0 Å². The Morgan fingerprint density at radius 2 is 0.783 bits per heavy atom. The van der Waals surface area contributed by atoms with Gasteiger partial charge < -0.3 is 24.8 Å². The SMILES string of the molecule is FC(F)(F)c1ccc(-n2cc[n+](Cc3ccccc3)c2)cc1.FC(F)(F)c1ccc(-n2cc[n+](Cc3ccccc3)c2)cc1.[Cl-].[Cl-]. The van der Waals surface area contributed by atoms with Crippen LogP contribution in [0.5, 0.6) is 0 Å². The summed E-state index contributed by atoms with van der Waals surface area (Å²) in [6.07, 6.45) is 2.54. The first-order valence-electron chi connectivity index (χ1n) is 13.6. The van der Waals surface area contributed by atoms with Crippen molar-refractivity contribution >= 4 is 0 Å². The van der Waals surface area contributed by atoms with Crippen LogP contribution in [0.2, 0.25) is 0 Å². The van der Waals surface area contributed by atoms with Crippen molar-refractivity contribution in [2.24, 2.45) is 0 Å². The highest BCUT2D eigenvalue weighted by Gasteiger charge is 2.31. The number of nitrogens with zero attached hydrogens (tertiary/aromatic N) is 4. The Balaban J connectivity index is 0.000000240. The van der Waals surface area contributed by atoms with Gasteiger partial charge in [-0.1, -0.05) is 60.7 Å². The molecule has 6 rings (SSSR count). The topological polar surface area (TPSA) is 17.6 Å². The van der Waals surface area contributed by atoms with Crippen molar-refractivity contribution in [2.45, 2.75) is 25.4 Å². The van der Waals surface area contributed by atoms with Crippen LogP contribution in [-0.2, 0) is 25.4 Å². The first-order chi connectivity index (χ1) is 21.0. The minimum atomic E-state index is -4.30. The molecule has 0 N–H and O–H groups in total. The summed E-state index contributed by atoms with van der Waals surface area (Å²) < 4.78 is 82.9. The summed E-state index contributed by atoms with van der Waals surface area (Å²) in [4.78, 5) is 0. The van der Waals surface area contributed by atoms with Crippen LogP contribution in [0.15, 0.2) is 147 Å². The molecule has 0 amide bonds. The van der Waals surface area contributed by atoms with E-state index in [0.717, 1.165) is 35.4 Å². The third-order valence-corrected chi connectivity index (χ3v) is 6.78. The third kappa shape index (κ3) is 9.73. The second-order valence-corrected chi connectivity index (χ2v) is 10.0. The summed E-state index contributed by atoms with van der Waals surface area (Å²) in [5.41, 5.74) is 2.44. The molecule has 0 saturated carbocycles. The average Bonchev–Trinajstić information content (AvgIpc) is 3.68. The van der Waals surface area contributed by atoms with Gasteiger partial charge >= 0.3 is 12.4 Å². The first kappa shape index (κ1) is 35.9. The fourth-order valence-corrected chi connectivity index (χ4v) is 4.51. The smallest absolute Gasteiger partial charge is 0.416 e. The third-order valence-electron chi connectivity index (χ3n) is 6.78. The van der Waals surface area contributed by atoms with Crippen LogP contribution in [0.4, 0.5) is 26.3 Å². The van der Waals surface area contributed by atoms with Crippen molar-refractivity contribution in [1.29, 1.82) is 0 Å². The second kappa shape index (κ2) is 15.6. The van der Waals surface area contributed by atoms with Crippen molar-refractivity contribution in [3.05, 3.63) is 169 Å². The highest BCUT2D eigenvalue weighted by atomic mass is 35.5. The molecule has 0 aliphatic heterocycles. The van der Waals surface area contributed by atoms with Gasteiger partial charge in [0.05, 0.1) is 11.1 Å². The first-order valence-corrected chi connectivity index (χ1v) is 13.6. The van der Waals surface area contributed by atoms with Gasteiger partial charge in [0.2, 0.25) is 12.7 Å². The van der Waals surface area contributed by atoms with Crippen molar-refractivity contribution < 1.29 is 60.3 Å². The molecule has 0 spiro atoms. The molecule has 2 heterocycles. The maximum atomic E-state index is 12.6. The summed E-state index contributed by atoms with van der Waals surface area (Å²) in [5, 5.41) is 0. The number of halogens is 8. The number of imidazole rings is 2. The van der Waals surface area contributed by atoms with Gasteiger partial charge in [-0.15, -0.1) is 0 Å². The van der Waals surface area contributed by atoms with Gasteiger partial charge in [-0.05, 0) is 59.7 Å². The zero-order valence-corrected chi connectivity index (χ0v) is 25.6. The fourth-order valence-electron chi connectivity index (χ4n) is 4.51. The Bertz CT molecular complexity index is 1630. The largest absolute Gasteiger partial charge is 1.00 e. The van der Waals surface area contributed by atoms with E-state index in [1.54, 1.807) is 9.13 Å². The second-order valence-electron chi connectivity index (χ2n) is 10.0. The molecule has 46 heavy (non-hydrogen) atoms. The molecule has 0 radical (unpaired) electrons. The van der Waals surface area contributed by atoms with Crippen LogP contribution >= 0.6 is 0 Å². The van der Waals surface area contributed by atoms with Gasteiger partial charge in [0, 0.05) is 0 Å². The molecule has 4 aromatic carbocycles. The van der Waals surface area contributed by atoms with Gasteiger partial charge in [0.15, 0.2) is 0 Å². The molecule has 240 valence electrons. The molecule has 0 fully saturated rings. The maximum Gasteiger partial charge on any atom is 0.416 e. The van der Waals surface area contributed by atoms with E-state index in [4.69, 9.17) is 0 Å². The zero-order valence-electron chi connectivity index (χ0n) is 24.1. The Morgan fingerprint density at radius 3 is 1.09 bits per heavy atom. The van der Waals surface area contributed by atoms with E-state index in [1.807, 2.05) is 107 Å². The monoisotopic (exact) mass is 676 g/mol. The summed E-state index contributed by atoms with van der Waals surface area (Å²) in [6.45, 7) is 1.43. The molecule has 0 unspecified atom stereocenters. The van der Waals surface area contributed by atoms with Crippen molar-refractivity contribution in [3.63, 3.8) is 0 Å². The summed E-state index contributed by atoms with van der Waals surface area (Å²) in [7, 11) is 0. The Hall–Kier alpha value is -4.54. The lowest BCUT2D eigenvalue weighted by atomic mass is 10.2. The maximum absolute atomic E-state index is 12.6. The van der Waals surface area contributed by atoms with Gasteiger partial charge in [0.25, 0.3) is 0 Å². The highest BCUT2D eigenvalue weighted by Crippen LogP contribution is 2.30. The zero-order chi connectivity index (χ0) is 31.2. The summed E-state index contributed by atoms with van der Waals surface area (Å²) in [6, 6.07) is 30.2. The van der Waals surface area contributed by atoms with Crippen LogP contribution in [0.25, 0.3) is 11.4 Å². The van der Waals surface area contributed by atoms with Crippen LogP contribution in [-0.4, -0.2) is 9.13 Å². The Kier molecular flexibility index (Phi) is 12.2. The molecule has 0 aliphatic rings. The predicted molar refractivity (Wildman–Crippen MR) is 153 cm³/mol. The number of aromatic nitrogens is 4. The van der Waals surface area contributed by atoms with Crippen LogP contribution in [0.3, 0.4) is 0 Å². The van der Waals surface area contributed by atoms with Gasteiger partial charge in [-0.25, -0.2) is 18.3 Å². The minimum absolute atomic E-state index is 0. The van der Waals surface area contributed by atoms with E-state index in [9.17, 15) is 26.3 Å². The molecule has 6 aromatic rings. The average molecular weight is 678 g/mol. The molecule has 2 aromatic heterocycles. The minimum Gasteiger partial charge on any atom is -1.00 e. The Morgan fingerprint density at radius 1 is 0.457 bits per heavy atom. The number of hydrogen-bond donors (Lipinski definition) is 0. The fraction of sp³-hybridized carbons (Fsp3) is 0.118. The molecular formula is C34H28Cl2F6N4. The summed E-state index contributed by atoms with van der Waals surface area (Å²) in [5.74, 6) is 0. The molecule has 4 nitrogen and oxygen atoms in total. The number of hydrogen-bond acceptors (Lipinski definition) is 0. The number of alkyl halides is 6. The lowest BCUT2D eigenvalue weighted by Gasteiger charge is -2.05. The van der Waals surface area contributed by atoms with E-state index in [0.29, 0.717) is 24.5 Å². The molecule has 0 atom stereocenters. The van der Waals surface area contributed by atoms with Gasteiger partial charge in [0.1, 0.15) is 49.3 Å². The summed E-state index contributed by atoms with van der Waals surface area (Å²) >= 11 is 0. The molecular weight excluding hydrogens is 649 g/mol. The van der Waals surface area contributed by atoms with E-state index < -0.39 is 23.5 Å². The van der Waals surface area contributed by atoms with Crippen LogP contribution in [0.1, 0.15) is 22.3 Å². The van der Waals surface area contributed by atoms with Crippen molar-refractivity contribution in [1.82, 2.24) is 9.13 Å². The Labute approximate surface area is 274 Å². The van der Waals surface area contributed by atoms with Crippen LogP contribution < -0.4 is 33.9 Å². The lowest BCUT2D eigenvalue weighted by molar-refractivity contribution is -0.687. The molecule has 0 saturated heterocycles. The predicted octanol–water partition coefficient (Wildman–Crippen LogP) is 1.67. The number of benzene rings is 4. The van der Waals surface area contributed by atoms with E-state index >= 15 is 0 Å². The molecule has 0 aliphatic carbocycles. The van der Waals surface area contributed by atoms with E-state index in [1.165, 1.54) is 24.3 Å². The quantitative estimate of drug-likeness (QED) is 0.189. The highest BCUT2D eigenvalue weighted by molar-refractivity contribution is 5.36. The molecule has 0 bridgehead atoms. The van der Waals surface area contributed by atoms with Crippen LogP contribution in [0, 0.1) is 0 Å².